The summed E-state index contributed by atoms with van der Waals surface area (Å²) in [7, 11) is 3.19. The molecule has 1 aromatic heterocycles. The van der Waals surface area contributed by atoms with E-state index in [9.17, 15) is 4.79 Å². The van der Waals surface area contributed by atoms with Crippen molar-refractivity contribution in [3.63, 3.8) is 0 Å². The van der Waals surface area contributed by atoms with Crippen LogP contribution in [-0.2, 0) is 4.79 Å². The summed E-state index contributed by atoms with van der Waals surface area (Å²) in [5, 5.41) is 0.794. The van der Waals surface area contributed by atoms with Crippen LogP contribution in [0.2, 0.25) is 0 Å². The van der Waals surface area contributed by atoms with Crippen molar-refractivity contribution >= 4 is 22.6 Å². The van der Waals surface area contributed by atoms with Crippen LogP contribution in [0.3, 0.4) is 0 Å². The second-order valence-corrected chi connectivity index (χ2v) is 7.40. The highest BCUT2D eigenvalue weighted by atomic mass is 16.5. The highest BCUT2D eigenvalue weighted by Crippen LogP contribution is 2.35. The molecule has 144 valence electrons. The molecule has 0 bridgehead atoms. The zero-order valence-electron chi connectivity index (χ0n) is 16.0. The Balaban J connectivity index is 1.60. The maximum Gasteiger partial charge on any atom is 0.243 e. The number of carbonyl (C=O) groups excluding carboxylic acids is 1. The minimum Gasteiger partial charge on any atom is -0.493 e. The predicted octanol–water partition coefficient (Wildman–Crippen LogP) is 2.83. The summed E-state index contributed by atoms with van der Waals surface area (Å²) in [6.07, 6.45) is 8.03. The number of methoxy groups -OCH3 is 2. The van der Waals surface area contributed by atoms with Crippen LogP contribution in [0.1, 0.15) is 32.1 Å². The normalized spacial score (nSPS) is 19.0. The number of carbonyl (C=O) groups is 1. The van der Waals surface area contributed by atoms with Gasteiger partial charge in [-0.1, -0.05) is 19.3 Å². The van der Waals surface area contributed by atoms with Crippen molar-refractivity contribution in [2.24, 2.45) is 5.92 Å². The second kappa shape index (κ2) is 7.68. The summed E-state index contributed by atoms with van der Waals surface area (Å²) in [6, 6.07) is 3.67. The molecule has 2 fully saturated rings. The molecule has 2 aromatic rings. The first-order valence-corrected chi connectivity index (χ1v) is 9.59. The number of ether oxygens (including phenoxy) is 2. The van der Waals surface area contributed by atoms with E-state index in [2.05, 4.69) is 14.9 Å². The Morgan fingerprint density at radius 2 is 1.81 bits per heavy atom. The number of amides is 1. The Hall–Kier alpha value is -2.41. The molecule has 1 aliphatic carbocycles. The van der Waals surface area contributed by atoms with Crippen LogP contribution < -0.4 is 14.4 Å². The molecule has 7 heteroatoms. The molecule has 0 spiro atoms. The molecule has 1 saturated heterocycles. The monoisotopic (exact) mass is 370 g/mol. The first-order chi connectivity index (χ1) is 13.2. The third kappa shape index (κ3) is 3.56. The lowest BCUT2D eigenvalue weighted by Gasteiger charge is -2.26. The van der Waals surface area contributed by atoms with Crippen LogP contribution in [0.4, 0.5) is 5.82 Å². The number of aromatic nitrogens is 2. The van der Waals surface area contributed by atoms with E-state index in [-0.39, 0.29) is 5.91 Å². The largest absolute Gasteiger partial charge is 0.493 e. The van der Waals surface area contributed by atoms with E-state index in [4.69, 9.17) is 9.47 Å². The minimum absolute atomic E-state index is 0.0839. The van der Waals surface area contributed by atoms with Gasteiger partial charge in [0.2, 0.25) is 5.91 Å². The topological polar surface area (TPSA) is 67.8 Å². The van der Waals surface area contributed by atoms with Gasteiger partial charge in [0.05, 0.1) is 32.9 Å². The van der Waals surface area contributed by atoms with Gasteiger partial charge >= 0.3 is 0 Å². The lowest BCUT2D eigenvalue weighted by Crippen LogP contribution is -2.31. The molecule has 1 aromatic carbocycles. The van der Waals surface area contributed by atoms with Gasteiger partial charge in [0, 0.05) is 18.0 Å². The molecule has 27 heavy (non-hydrogen) atoms. The number of anilines is 1. The molecule has 1 saturated carbocycles. The molecule has 2 aliphatic rings. The van der Waals surface area contributed by atoms with Crippen LogP contribution in [0.5, 0.6) is 11.5 Å². The second-order valence-electron chi connectivity index (χ2n) is 7.40. The SMILES string of the molecule is COc1cc2ncnc(N3CN(CC4CCCCC4)CC3=O)c2cc1OC. The van der Waals surface area contributed by atoms with E-state index in [1.54, 1.807) is 19.1 Å². The van der Waals surface area contributed by atoms with Crippen molar-refractivity contribution in [2.45, 2.75) is 32.1 Å². The van der Waals surface area contributed by atoms with Crippen LogP contribution >= 0.6 is 0 Å². The minimum atomic E-state index is 0.0839. The third-order valence-electron chi connectivity index (χ3n) is 5.62. The molecule has 0 unspecified atom stereocenters. The Bertz CT molecular complexity index is 835. The number of hydrogen-bond acceptors (Lipinski definition) is 6. The summed E-state index contributed by atoms with van der Waals surface area (Å²) in [5.41, 5.74) is 0.733. The Morgan fingerprint density at radius 1 is 1.07 bits per heavy atom. The number of nitrogens with zero attached hydrogens (tertiary/aromatic N) is 4. The number of rotatable bonds is 5. The van der Waals surface area contributed by atoms with Gasteiger partial charge in [-0.05, 0) is 24.8 Å². The zero-order valence-corrected chi connectivity index (χ0v) is 16.0. The summed E-state index contributed by atoms with van der Waals surface area (Å²) >= 11 is 0. The van der Waals surface area contributed by atoms with Crippen molar-refractivity contribution in [3.8, 4) is 11.5 Å². The van der Waals surface area contributed by atoms with E-state index in [1.165, 1.54) is 38.4 Å². The third-order valence-corrected chi connectivity index (χ3v) is 5.62. The Morgan fingerprint density at radius 3 is 2.56 bits per heavy atom. The molecular formula is C20H26N4O3. The maximum atomic E-state index is 12.7. The van der Waals surface area contributed by atoms with Crippen molar-refractivity contribution in [1.29, 1.82) is 0 Å². The summed E-state index contributed by atoms with van der Waals surface area (Å²) in [4.78, 5) is 25.5. The quantitative estimate of drug-likeness (QED) is 0.806. The molecule has 0 N–H and O–H groups in total. The molecule has 4 rings (SSSR count). The first-order valence-electron chi connectivity index (χ1n) is 9.59. The highest BCUT2D eigenvalue weighted by Gasteiger charge is 2.32. The van der Waals surface area contributed by atoms with Crippen molar-refractivity contribution < 1.29 is 14.3 Å². The molecule has 1 amide bonds. The average Bonchev–Trinajstić information content (AvgIpc) is 3.06. The number of fused-ring (bicyclic) bond motifs is 1. The summed E-state index contributed by atoms with van der Waals surface area (Å²) < 4.78 is 10.8. The lowest BCUT2D eigenvalue weighted by molar-refractivity contribution is -0.116. The Kier molecular flexibility index (Phi) is 5.11. The van der Waals surface area contributed by atoms with Crippen molar-refractivity contribution in [2.75, 3.05) is 38.9 Å². The van der Waals surface area contributed by atoms with Crippen molar-refractivity contribution in [1.82, 2.24) is 14.9 Å². The average molecular weight is 370 g/mol. The Labute approximate surface area is 159 Å². The van der Waals surface area contributed by atoms with E-state index >= 15 is 0 Å². The standard InChI is InChI=1S/C20H26N4O3/c1-26-17-8-15-16(9-18(17)27-2)21-12-22-20(15)24-13-23(11-19(24)25)10-14-6-4-3-5-7-14/h8-9,12,14H,3-7,10-11,13H2,1-2H3. The van der Waals surface area contributed by atoms with Gasteiger partial charge in [0.15, 0.2) is 11.5 Å². The van der Waals surface area contributed by atoms with Crippen LogP contribution in [0.25, 0.3) is 10.9 Å². The van der Waals surface area contributed by atoms with Gasteiger partial charge in [-0.2, -0.15) is 0 Å². The van der Waals surface area contributed by atoms with E-state index in [1.807, 2.05) is 12.1 Å². The lowest BCUT2D eigenvalue weighted by atomic mass is 9.89. The molecule has 0 atom stereocenters. The highest BCUT2D eigenvalue weighted by molar-refractivity contribution is 6.03. The van der Waals surface area contributed by atoms with Gasteiger partial charge in [0.1, 0.15) is 12.1 Å². The molecule has 1 aliphatic heterocycles. The van der Waals surface area contributed by atoms with Gasteiger partial charge in [-0.3, -0.25) is 14.6 Å². The maximum absolute atomic E-state index is 12.7. The zero-order chi connectivity index (χ0) is 18.8. The molecular weight excluding hydrogens is 344 g/mol. The fourth-order valence-electron chi connectivity index (χ4n) is 4.23. The number of benzene rings is 1. The van der Waals surface area contributed by atoms with E-state index in [0.717, 1.165) is 17.4 Å². The van der Waals surface area contributed by atoms with Crippen LogP contribution in [0, 0.1) is 5.92 Å². The van der Waals surface area contributed by atoms with E-state index in [0.29, 0.717) is 36.4 Å². The predicted molar refractivity (Wildman–Crippen MR) is 103 cm³/mol. The van der Waals surface area contributed by atoms with Crippen LogP contribution in [0.15, 0.2) is 18.5 Å². The summed E-state index contributed by atoms with van der Waals surface area (Å²) in [6.45, 7) is 2.02. The first kappa shape index (κ1) is 18.0. The molecule has 7 nitrogen and oxygen atoms in total. The fourth-order valence-corrected chi connectivity index (χ4v) is 4.23. The number of hydrogen-bond donors (Lipinski definition) is 0. The van der Waals surface area contributed by atoms with Crippen molar-refractivity contribution in [3.05, 3.63) is 18.5 Å². The molecule has 2 heterocycles. The molecule has 0 radical (unpaired) electrons. The van der Waals surface area contributed by atoms with E-state index < -0.39 is 0 Å². The van der Waals surface area contributed by atoms with Gasteiger partial charge in [-0.25, -0.2) is 9.97 Å². The van der Waals surface area contributed by atoms with Gasteiger partial charge in [0.25, 0.3) is 0 Å². The smallest absolute Gasteiger partial charge is 0.243 e. The summed E-state index contributed by atoms with van der Waals surface area (Å²) in [5.74, 6) is 2.64. The van der Waals surface area contributed by atoms with Gasteiger partial charge < -0.3 is 9.47 Å². The fraction of sp³-hybridized carbons (Fsp3) is 0.550. The van der Waals surface area contributed by atoms with Gasteiger partial charge in [-0.15, -0.1) is 0 Å². The van der Waals surface area contributed by atoms with Crippen LogP contribution in [-0.4, -0.2) is 54.8 Å².